The number of nitrogens with zero attached hydrogens (tertiary/aromatic N) is 4. The quantitative estimate of drug-likeness (QED) is 0.501. The molecule has 0 radical (unpaired) electrons. The average Bonchev–Trinajstić information content (AvgIpc) is 3.06. The molecule has 0 bridgehead atoms. The van der Waals surface area contributed by atoms with Gasteiger partial charge in [-0.3, -0.25) is 18.3 Å². The summed E-state index contributed by atoms with van der Waals surface area (Å²) in [5.74, 6) is 0. The van der Waals surface area contributed by atoms with Crippen molar-refractivity contribution in [1.29, 1.82) is 0 Å². The Balaban J connectivity index is 2.29. The molecule has 8 heteroatoms. The second-order valence-corrected chi connectivity index (χ2v) is 7.49. The fourth-order valence-corrected chi connectivity index (χ4v) is 4.42. The molecule has 0 spiro atoms. The van der Waals surface area contributed by atoms with Crippen molar-refractivity contribution in [3.63, 3.8) is 0 Å². The summed E-state index contributed by atoms with van der Waals surface area (Å²) in [5, 5.41) is 0. The minimum atomic E-state index is -0.381. The molecule has 0 saturated carbocycles. The monoisotopic (exact) mass is 390 g/mol. The zero-order valence-electron chi connectivity index (χ0n) is 12.3. The molecule has 0 fully saturated rings. The van der Waals surface area contributed by atoms with Gasteiger partial charge in [0.25, 0.3) is 5.56 Å². The third kappa shape index (κ3) is 1.88. The summed E-state index contributed by atoms with van der Waals surface area (Å²) in [5.41, 5.74) is 1.91. The summed E-state index contributed by atoms with van der Waals surface area (Å²) < 4.78 is 5.22. The third-order valence-electron chi connectivity index (χ3n) is 3.86. The molecule has 4 aromatic rings. The van der Waals surface area contributed by atoms with Gasteiger partial charge in [-0.25, -0.2) is 4.79 Å². The smallest absolute Gasteiger partial charge is 0.279 e. The van der Waals surface area contributed by atoms with E-state index in [4.69, 9.17) is 0 Å². The first-order valence-corrected chi connectivity index (χ1v) is 8.43. The molecule has 116 valence electrons. The van der Waals surface area contributed by atoms with Crippen LogP contribution >= 0.6 is 27.3 Å². The van der Waals surface area contributed by atoms with Crippen molar-refractivity contribution in [2.45, 2.75) is 0 Å². The van der Waals surface area contributed by atoms with Crippen molar-refractivity contribution in [3.8, 4) is 11.3 Å². The van der Waals surface area contributed by atoms with Gasteiger partial charge in [-0.1, -0.05) is 41.7 Å². The molecule has 0 aliphatic carbocycles. The van der Waals surface area contributed by atoms with Crippen molar-refractivity contribution < 1.29 is 0 Å². The van der Waals surface area contributed by atoms with Crippen LogP contribution in [0, 0.1) is 0 Å². The maximum atomic E-state index is 12.6. The van der Waals surface area contributed by atoms with Crippen molar-refractivity contribution in [2.24, 2.45) is 14.1 Å². The van der Waals surface area contributed by atoms with Gasteiger partial charge in [-0.2, -0.15) is 4.98 Å². The maximum Gasteiger partial charge on any atom is 0.332 e. The van der Waals surface area contributed by atoms with Gasteiger partial charge < -0.3 is 0 Å². The zero-order valence-corrected chi connectivity index (χ0v) is 14.7. The summed E-state index contributed by atoms with van der Waals surface area (Å²) in [6, 6.07) is 9.78. The summed E-state index contributed by atoms with van der Waals surface area (Å²) in [7, 11) is 3.10. The van der Waals surface area contributed by atoms with E-state index >= 15 is 0 Å². The maximum absolute atomic E-state index is 12.6. The molecule has 1 aromatic carbocycles. The molecule has 0 amide bonds. The molecule has 6 nitrogen and oxygen atoms in total. The number of imidazole rings is 1. The van der Waals surface area contributed by atoms with E-state index in [0.717, 1.165) is 19.6 Å². The largest absolute Gasteiger partial charge is 0.332 e. The molecule has 3 aromatic heterocycles. The molecule has 0 aliphatic heterocycles. The number of aryl methyl sites for hydroxylation is 1. The summed E-state index contributed by atoms with van der Waals surface area (Å²) in [6.45, 7) is 0. The number of hydrogen-bond acceptors (Lipinski definition) is 4. The van der Waals surface area contributed by atoms with Crippen LogP contribution < -0.4 is 11.2 Å². The van der Waals surface area contributed by atoms with E-state index in [-0.39, 0.29) is 11.2 Å². The Morgan fingerprint density at radius 2 is 1.78 bits per heavy atom. The molecule has 0 unspecified atom stereocenters. The van der Waals surface area contributed by atoms with E-state index in [1.165, 1.54) is 23.0 Å². The lowest BCUT2D eigenvalue weighted by Gasteiger charge is -2.05. The van der Waals surface area contributed by atoms with Crippen LogP contribution in [0.15, 0.2) is 43.7 Å². The van der Waals surface area contributed by atoms with Gasteiger partial charge in [-0.15, -0.1) is 0 Å². The van der Waals surface area contributed by atoms with E-state index in [1.807, 2.05) is 34.7 Å². The van der Waals surface area contributed by atoms with E-state index in [2.05, 4.69) is 20.9 Å². The first-order chi connectivity index (χ1) is 11.0. The number of thiazole rings is 1. The van der Waals surface area contributed by atoms with Gasteiger partial charge in [0.05, 0.1) is 9.48 Å². The lowest BCUT2D eigenvalue weighted by Crippen LogP contribution is -2.37. The van der Waals surface area contributed by atoms with Crippen LogP contribution in [0.3, 0.4) is 0 Å². The van der Waals surface area contributed by atoms with E-state index < -0.39 is 0 Å². The highest BCUT2D eigenvalue weighted by Gasteiger charge is 2.21. The SMILES string of the molecule is Cn1c(=O)c2c(nc3sc(Br)c(-c4ccccc4)n32)n(C)c1=O. The van der Waals surface area contributed by atoms with E-state index in [0.29, 0.717) is 16.1 Å². The number of aromatic nitrogens is 4. The van der Waals surface area contributed by atoms with Gasteiger partial charge >= 0.3 is 5.69 Å². The van der Waals surface area contributed by atoms with Crippen LogP contribution in [-0.2, 0) is 14.1 Å². The van der Waals surface area contributed by atoms with Crippen molar-refractivity contribution in [2.75, 3.05) is 0 Å². The highest BCUT2D eigenvalue weighted by Crippen LogP contribution is 2.37. The Morgan fingerprint density at radius 3 is 2.48 bits per heavy atom. The summed E-state index contributed by atoms with van der Waals surface area (Å²) in [4.78, 5) is 29.9. The van der Waals surface area contributed by atoms with Crippen LogP contribution in [0.1, 0.15) is 0 Å². The second-order valence-electron chi connectivity index (χ2n) is 5.20. The van der Waals surface area contributed by atoms with Gasteiger partial charge in [0.1, 0.15) is 0 Å². The third-order valence-corrected chi connectivity index (χ3v) is 5.56. The Hall–Kier alpha value is -2.19. The predicted octanol–water partition coefficient (Wildman–Crippen LogP) is 2.38. The van der Waals surface area contributed by atoms with E-state index in [9.17, 15) is 9.59 Å². The molecule has 0 saturated heterocycles. The molecule has 23 heavy (non-hydrogen) atoms. The van der Waals surface area contributed by atoms with Gasteiger partial charge in [-0.05, 0) is 15.9 Å². The standard InChI is InChI=1S/C15H11BrN4O2S/c1-18-12-10(13(21)19(2)15(18)22)20-9(8-6-4-3-5-7-8)11(16)23-14(20)17-12/h3-7H,1-2H3. The first-order valence-electron chi connectivity index (χ1n) is 6.82. The van der Waals surface area contributed by atoms with Crippen LogP contribution in [0.4, 0.5) is 0 Å². The molecular weight excluding hydrogens is 380 g/mol. The minimum Gasteiger partial charge on any atom is -0.279 e. The Kier molecular flexibility index (Phi) is 3.07. The molecule has 0 atom stereocenters. The van der Waals surface area contributed by atoms with Crippen molar-refractivity contribution in [1.82, 2.24) is 18.5 Å². The van der Waals surface area contributed by atoms with Crippen LogP contribution in [0.5, 0.6) is 0 Å². The molecule has 0 aliphatic rings. The fraction of sp³-hybridized carbons (Fsp3) is 0.133. The van der Waals surface area contributed by atoms with Gasteiger partial charge in [0.15, 0.2) is 16.1 Å². The Morgan fingerprint density at radius 1 is 1.09 bits per heavy atom. The number of halogens is 1. The van der Waals surface area contributed by atoms with Crippen molar-refractivity contribution >= 4 is 43.4 Å². The highest BCUT2D eigenvalue weighted by atomic mass is 79.9. The predicted molar refractivity (Wildman–Crippen MR) is 94.2 cm³/mol. The first kappa shape index (κ1) is 14.4. The van der Waals surface area contributed by atoms with E-state index in [1.54, 1.807) is 7.05 Å². The lowest BCUT2D eigenvalue weighted by atomic mass is 10.2. The number of benzene rings is 1. The van der Waals surface area contributed by atoms with Gasteiger partial charge in [0, 0.05) is 19.7 Å². The average molecular weight is 391 g/mol. The number of hydrogen-bond donors (Lipinski definition) is 0. The second kappa shape index (κ2) is 4.90. The topological polar surface area (TPSA) is 61.3 Å². The van der Waals surface area contributed by atoms with Crippen LogP contribution in [0.25, 0.3) is 27.4 Å². The Labute approximate surface area is 142 Å². The number of rotatable bonds is 1. The molecule has 0 N–H and O–H groups in total. The number of fused-ring (bicyclic) bond motifs is 3. The van der Waals surface area contributed by atoms with Crippen LogP contribution in [-0.4, -0.2) is 18.5 Å². The minimum absolute atomic E-state index is 0.349. The summed E-state index contributed by atoms with van der Waals surface area (Å²) >= 11 is 5.00. The molecular formula is C15H11BrN4O2S. The Bertz CT molecular complexity index is 1180. The normalized spacial score (nSPS) is 11.6. The van der Waals surface area contributed by atoms with Crippen LogP contribution in [0.2, 0.25) is 0 Å². The zero-order chi connectivity index (χ0) is 16.3. The van der Waals surface area contributed by atoms with Gasteiger partial charge in [0.2, 0.25) is 0 Å². The van der Waals surface area contributed by atoms with Crippen molar-refractivity contribution in [3.05, 3.63) is 55.0 Å². The molecule has 3 heterocycles. The fourth-order valence-electron chi connectivity index (χ4n) is 2.71. The summed E-state index contributed by atoms with van der Waals surface area (Å²) in [6.07, 6.45) is 0. The lowest BCUT2D eigenvalue weighted by molar-refractivity contribution is 0.708. The molecule has 4 rings (SSSR count). The highest BCUT2D eigenvalue weighted by molar-refractivity contribution is 9.11.